The molecule has 0 aliphatic carbocycles. The minimum Gasteiger partial charge on any atom is -0.372 e. The molecule has 0 radical (unpaired) electrons. The van der Waals surface area contributed by atoms with Gasteiger partial charge in [-0.1, -0.05) is 99.6 Å². The van der Waals surface area contributed by atoms with E-state index in [0.717, 1.165) is 13.1 Å². The number of aromatic nitrogens is 1. The predicted octanol–water partition coefficient (Wildman–Crippen LogP) is 7.31. The van der Waals surface area contributed by atoms with Crippen LogP contribution in [0.3, 0.4) is 0 Å². The molecule has 168 valence electrons. The number of allylic oxidation sites excluding steroid dienone is 8. The summed E-state index contributed by atoms with van der Waals surface area (Å²) in [6.45, 7) is 6.81. The summed E-state index contributed by atoms with van der Waals surface area (Å²) in [6, 6.07) is 13.1. The summed E-state index contributed by atoms with van der Waals surface area (Å²) in [5.74, 6) is 0. The van der Waals surface area contributed by atoms with Crippen molar-refractivity contribution in [3.8, 4) is 0 Å². The summed E-state index contributed by atoms with van der Waals surface area (Å²) in [5.41, 5.74) is 3.77. The van der Waals surface area contributed by atoms with Gasteiger partial charge in [0, 0.05) is 30.9 Å². The highest BCUT2D eigenvalue weighted by Crippen LogP contribution is 2.17. The van der Waals surface area contributed by atoms with Gasteiger partial charge in [-0.3, -0.25) is 0 Å². The molecule has 2 rings (SSSR count). The van der Waals surface area contributed by atoms with Crippen LogP contribution in [0.25, 0.3) is 12.2 Å². The van der Waals surface area contributed by atoms with Crippen LogP contribution in [0.2, 0.25) is 0 Å². The van der Waals surface area contributed by atoms with E-state index in [1.165, 1.54) is 42.5 Å². The first-order chi connectivity index (χ1) is 15.7. The first-order valence-electron chi connectivity index (χ1n) is 11.9. The lowest BCUT2D eigenvalue weighted by Gasteiger charge is -2.24. The van der Waals surface area contributed by atoms with Crippen LogP contribution in [0.15, 0.2) is 97.4 Å². The minimum absolute atomic E-state index is 1.15. The average Bonchev–Trinajstić information content (AvgIpc) is 2.82. The molecule has 0 saturated heterocycles. The molecule has 0 saturated carbocycles. The largest absolute Gasteiger partial charge is 0.372 e. The molecule has 0 spiro atoms. The van der Waals surface area contributed by atoms with Gasteiger partial charge in [-0.25, -0.2) is 4.57 Å². The highest BCUT2D eigenvalue weighted by atomic mass is 15.1. The number of nitrogens with zero attached hydrogens (tertiary/aromatic N) is 2. The molecule has 0 fully saturated rings. The fraction of sp³-hybridized carbons (Fsp3) is 0.300. The maximum absolute atomic E-state index is 2.52. The molecule has 2 heteroatoms. The van der Waals surface area contributed by atoms with Gasteiger partial charge in [0.2, 0.25) is 0 Å². The van der Waals surface area contributed by atoms with Crippen LogP contribution in [0, 0.1) is 0 Å². The van der Waals surface area contributed by atoms with Gasteiger partial charge in [0.15, 0.2) is 12.4 Å². The van der Waals surface area contributed by atoms with Gasteiger partial charge in [0.05, 0.1) is 0 Å². The molecule has 1 aromatic heterocycles. The van der Waals surface area contributed by atoms with E-state index in [4.69, 9.17) is 0 Å². The maximum atomic E-state index is 2.52. The zero-order chi connectivity index (χ0) is 22.9. The van der Waals surface area contributed by atoms with Gasteiger partial charge in [0.25, 0.3) is 0 Å². The lowest BCUT2D eigenvalue weighted by atomic mass is 10.1. The van der Waals surface area contributed by atoms with Gasteiger partial charge in [-0.15, -0.1) is 0 Å². The second kappa shape index (κ2) is 15.6. The molecule has 32 heavy (non-hydrogen) atoms. The molecule has 1 aromatic carbocycles. The van der Waals surface area contributed by atoms with Crippen LogP contribution in [0.4, 0.5) is 5.69 Å². The van der Waals surface area contributed by atoms with E-state index in [9.17, 15) is 0 Å². The third-order valence-corrected chi connectivity index (χ3v) is 5.18. The van der Waals surface area contributed by atoms with Crippen molar-refractivity contribution in [3.63, 3.8) is 0 Å². The molecule has 0 bridgehead atoms. The van der Waals surface area contributed by atoms with Crippen LogP contribution >= 0.6 is 0 Å². The summed E-state index contributed by atoms with van der Waals surface area (Å²) >= 11 is 0. The number of rotatable bonds is 13. The summed E-state index contributed by atoms with van der Waals surface area (Å²) < 4.78 is 2.03. The molecule has 0 aliphatic rings. The Labute approximate surface area is 195 Å². The van der Waals surface area contributed by atoms with Crippen LogP contribution in [-0.4, -0.2) is 13.1 Å². The number of unbranched alkanes of at least 4 members (excludes halogenated alkanes) is 2. The van der Waals surface area contributed by atoms with Crippen molar-refractivity contribution in [2.24, 2.45) is 7.05 Å². The highest BCUT2D eigenvalue weighted by molar-refractivity contribution is 5.57. The summed E-state index contributed by atoms with van der Waals surface area (Å²) in [5, 5.41) is 0. The monoisotopic (exact) mass is 427 g/mol. The molecule has 0 atom stereocenters. The minimum atomic E-state index is 1.15. The second-order valence-electron chi connectivity index (χ2n) is 7.96. The van der Waals surface area contributed by atoms with Crippen molar-refractivity contribution in [1.82, 2.24) is 0 Å². The average molecular weight is 428 g/mol. The zero-order valence-corrected chi connectivity index (χ0v) is 20.0. The maximum Gasteiger partial charge on any atom is 0.169 e. The van der Waals surface area contributed by atoms with E-state index in [-0.39, 0.29) is 0 Å². The number of aryl methyl sites for hydroxylation is 1. The summed E-state index contributed by atoms with van der Waals surface area (Å²) in [4.78, 5) is 2.52. The van der Waals surface area contributed by atoms with Crippen molar-refractivity contribution in [2.75, 3.05) is 18.0 Å². The molecule has 1 heterocycles. The molecular weight excluding hydrogens is 388 g/mol. The molecule has 0 unspecified atom stereocenters. The van der Waals surface area contributed by atoms with Gasteiger partial charge < -0.3 is 4.90 Å². The fourth-order valence-electron chi connectivity index (χ4n) is 3.21. The van der Waals surface area contributed by atoms with E-state index in [1.807, 2.05) is 54.4 Å². The van der Waals surface area contributed by atoms with E-state index in [0.29, 0.717) is 0 Å². The number of anilines is 1. The van der Waals surface area contributed by atoms with Gasteiger partial charge in [0.1, 0.15) is 7.05 Å². The van der Waals surface area contributed by atoms with Crippen LogP contribution in [0.5, 0.6) is 0 Å². The second-order valence-corrected chi connectivity index (χ2v) is 7.96. The van der Waals surface area contributed by atoms with Gasteiger partial charge in [-0.05, 0) is 36.1 Å². The number of benzene rings is 1. The van der Waals surface area contributed by atoms with Crippen LogP contribution < -0.4 is 9.47 Å². The third-order valence-electron chi connectivity index (χ3n) is 5.18. The molecule has 0 aliphatic heterocycles. The highest BCUT2D eigenvalue weighted by Gasteiger charge is 2.04. The van der Waals surface area contributed by atoms with E-state index < -0.39 is 0 Å². The lowest BCUT2D eigenvalue weighted by Crippen LogP contribution is -2.25. The third kappa shape index (κ3) is 10.3. The number of hydrogen-bond acceptors (Lipinski definition) is 1. The van der Waals surface area contributed by atoms with Crippen molar-refractivity contribution < 1.29 is 4.57 Å². The molecule has 0 amide bonds. The van der Waals surface area contributed by atoms with Crippen LogP contribution in [0.1, 0.15) is 50.7 Å². The predicted molar refractivity (Wildman–Crippen MR) is 142 cm³/mol. The Morgan fingerprint density at radius 1 is 0.625 bits per heavy atom. The van der Waals surface area contributed by atoms with Crippen molar-refractivity contribution >= 4 is 17.8 Å². The summed E-state index contributed by atoms with van der Waals surface area (Å²) in [7, 11) is 2.02. The lowest BCUT2D eigenvalue weighted by molar-refractivity contribution is -0.671. The zero-order valence-electron chi connectivity index (χ0n) is 20.0. The fourth-order valence-corrected chi connectivity index (χ4v) is 3.21. The topological polar surface area (TPSA) is 7.12 Å². The van der Waals surface area contributed by atoms with Gasteiger partial charge >= 0.3 is 0 Å². The number of pyridine rings is 1. The smallest absolute Gasteiger partial charge is 0.169 e. The molecule has 2 aromatic rings. The van der Waals surface area contributed by atoms with Crippen molar-refractivity contribution in [3.05, 3.63) is 109 Å². The summed E-state index contributed by atoms with van der Waals surface area (Å²) in [6.07, 6.45) is 29.7. The first kappa shape index (κ1) is 25.1. The Balaban J connectivity index is 1.78. The van der Waals surface area contributed by atoms with Crippen molar-refractivity contribution in [2.45, 2.75) is 39.5 Å². The standard InChI is InChI=1S/C30H39N2/c1-4-6-24-32(25-7-5-2)30-20-18-28(19-21-30)16-14-12-10-8-9-11-13-15-17-29-22-26-31(3)27-23-29/h8-23,26-27H,4-7,24-25H2,1-3H3/q+1. The Hall–Kier alpha value is -3.13. The molecular formula is C30H39N2+. The molecule has 2 nitrogen and oxygen atoms in total. The van der Waals surface area contributed by atoms with Crippen LogP contribution in [-0.2, 0) is 7.05 Å². The first-order valence-corrected chi connectivity index (χ1v) is 11.9. The van der Waals surface area contributed by atoms with E-state index in [1.54, 1.807) is 0 Å². The Morgan fingerprint density at radius 3 is 1.53 bits per heavy atom. The molecule has 0 N–H and O–H groups in total. The van der Waals surface area contributed by atoms with Gasteiger partial charge in [-0.2, -0.15) is 0 Å². The van der Waals surface area contributed by atoms with E-state index >= 15 is 0 Å². The quantitative estimate of drug-likeness (QED) is 0.240. The normalized spacial score (nSPS) is 12.3. The number of hydrogen-bond donors (Lipinski definition) is 0. The van der Waals surface area contributed by atoms with E-state index in [2.05, 4.69) is 85.5 Å². The van der Waals surface area contributed by atoms with Crippen molar-refractivity contribution in [1.29, 1.82) is 0 Å². The Bertz CT molecular complexity index is 889. The SMILES string of the molecule is CCCCN(CCCC)c1ccc(/C=C/C=C/C=C/C=C/C=C/c2cc[n+](C)cc2)cc1. The Kier molecular flexibility index (Phi) is 12.3. The Morgan fingerprint density at radius 2 is 1.06 bits per heavy atom.